The molecule has 0 spiro atoms. The smallest absolute Gasteiger partial charge is 0.119 e. The van der Waals surface area contributed by atoms with E-state index in [1.54, 1.807) is 7.11 Å². The summed E-state index contributed by atoms with van der Waals surface area (Å²) >= 11 is 0. The fourth-order valence-corrected chi connectivity index (χ4v) is 1.64. The van der Waals surface area contributed by atoms with Gasteiger partial charge >= 0.3 is 0 Å². The van der Waals surface area contributed by atoms with E-state index in [1.807, 2.05) is 24.3 Å². The van der Waals surface area contributed by atoms with Crippen LogP contribution >= 0.6 is 0 Å². The van der Waals surface area contributed by atoms with Gasteiger partial charge in [-0.1, -0.05) is 25.5 Å². The maximum atomic E-state index is 6.06. The van der Waals surface area contributed by atoms with E-state index in [2.05, 4.69) is 6.92 Å². The van der Waals surface area contributed by atoms with E-state index in [4.69, 9.17) is 19.9 Å². The van der Waals surface area contributed by atoms with Crippen molar-refractivity contribution in [1.29, 1.82) is 0 Å². The Kier molecular flexibility index (Phi) is 8.21. The Balaban J connectivity index is 2.18. The van der Waals surface area contributed by atoms with Gasteiger partial charge in [-0.3, -0.25) is 0 Å². The Labute approximate surface area is 115 Å². The Morgan fingerprint density at radius 1 is 1.16 bits per heavy atom. The zero-order valence-corrected chi connectivity index (χ0v) is 11.9. The second kappa shape index (κ2) is 9.78. The van der Waals surface area contributed by atoms with Gasteiger partial charge in [0.25, 0.3) is 0 Å². The van der Waals surface area contributed by atoms with Gasteiger partial charge in [0.05, 0.1) is 33.0 Å². The van der Waals surface area contributed by atoms with Crippen LogP contribution in [-0.2, 0) is 9.47 Å². The Bertz CT molecular complexity index is 344. The van der Waals surface area contributed by atoms with Crippen LogP contribution in [0.4, 0.5) is 0 Å². The molecule has 0 aliphatic carbocycles. The van der Waals surface area contributed by atoms with Crippen LogP contribution in [0.5, 0.6) is 5.75 Å². The quantitative estimate of drug-likeness (QED) is 0.662. The lowest BCUT2D eigenvalue weighted by Crippen LogP contribution is -2.18. The topological polar surface area (TPSA) is 53.7 Å². The highest BCUT2D eigenvalue weighted by molar-refractivity contribution is 5.30. The van der Waals surface area contributed by atoms with Crippen LogP contribution in [0.3, 0.4) is 0 Å². The number of unbranched alkanes of at least 4 members (excludes halogenated alkanes) is 1. The third-order valence-electron chi connectivity index (χ3n) is 2.83. The predicted octanol–water partition coefficient (Wildman–Crippen LogP) is 2.53. The maximum absolute atomic E-state index is 6.06. The molecule has 0 aliphatic heterocycles. The standard InChI is InChI=1S/C15H25NO3/c1-3-4-8-18-9-10-19-12-15(16)13-6-5-7-14(11-13)17-2/h5-7,11,15H,3-4,8-10,12,16H2,1-2H3. The van der Waals surface area contributed by atoms with E-state index in [1.165, 1.54) is 0 Å². The van der Waals surface area contributed by atoms with Crippen LogP contribution in [0.2, 0.25) is 0 Å². The van der Waals surface area contributed by atoms with Gasteiger partial charge in [0.2, 0.25) is 0 Å². The SMILES string of the molecule is CCCCOCCOCC(N)c1cccc(OC)c1. The van der Waals surface area contributed by atoms with Gasteiger partial charge in [-0.2, -0.15) is 0 Å². The van der Waals surface area contributed by atoms with E-state index < -0.39 is 0 Å². The summed E-state index contributed by atoms with van der Waals surface area (Å²) in [5.74, 6) is 0.816. The molecule has 108 valence electrons. The van der Waals surface area contributed by atoms with Crippen molar-refractivity contribution in [2.24, 2.45) is 5.73 Å². The van der Waals surface area contributed by atoms with E-state index in [0.29, 0.717) is 19.8 Å². The summed E-state index contributed by atoms with van der Waals surface area (Å²) < 4.78 is 16.1. The molecule has 4 heteroatoms. The number of nitrogens with two attached hydrogens (primary N) is 1. The lowest BCUT2D eigenvalue weighted by molar-refractivity contribution is 0.0416. The summed E-state index contributed by atoms with van der Waals surface area (Å²) in [4.78, 5) is 0. The first-order valence-corrected chi connectivity index (χ1v) is 6.83. The molecule has 1 unspecified atom stereocenters. The number of ether oxygens (including phenoxy) is 3. The average Bonchev–Trinajstić information content (AvgIpc) is 2.46. The first kappa shape index (κ1) is 16.0. The molecule has 0 bridgehead atoms. The van der Waals surface area contributed by atoms with Crippen LogP contribution in [0.15, 0.2) is 24.3 Å². The van der Waals surface area contributed by atoms with Gasteiger partial charge < -0.3 is 19.9 Å². The maximum Gasteiger partial charge on any atom is 0.119 e. The summed E-state index contributed by atoms with van der Waals surface area (Å²) in [6.07, 6.45) is 2.25. The molecule has 0 heterocycles. The fourth-order valence-electron chi connectivity index (χ4n) is 1.64. The van der Waals surface area contributed by atoms with Gasteiger partial charge in [-0.25, -0.2) is 0 Å². The molecule has 1 aromatic rings. The second-order valence-electron chi connectivity index (χ2n) is 4.42. The van der Waals surface area contributed by atoms with E-state index in [-0.39, 0.29) is 6.04 Å². The number of benzene rings is 1. The molecule has 4 nitrogen and oxygen atoms in total. The molecular formula is C15H25NO3. The van der Waals surface area contributed by atoms with Crippen molar-refractivity contribution in [3.8, 4) is 5.75 Å². The Morgan fingerprint density at radius 3 is 2.68 bits per heavy atom. The number of rotatable bonds is 10. The molecule has 19 heavy (non-hydrogen) atoms. The molecule has 0 aromatic heterocycles. The van der Waals surface area contributed by atoms with Gasteiger partial charge in [0, 0.05) is 6.61 Å². The zero-order chi connectivity index (χ0) is 13.9. The van der Waals surface area contributed by atoms with E-state index in [0.717, 1.165) is 30.8 Å². The molecule has 1 rings (SSSR count). The van der Waals surface area contributed by atoms with Crippen molar-refractivity contribution < 1.29 is 14.2 Å². The highest BCUT2D eigenvalue weighted by Gasteiger charge is 2.06. The number of hydrogen-bond acceptors (Lipinski definition) is 4. The van der Waals surface area contributed by atoms with Crippen LogP contribution in [0, 0.1) is 0 Å². The third-order valence-corrected chi connectivity index (χ3v) is 2.83. The first-order chi connectivity index (χ1) is 9.27. The van der Waals surface area contributed by atoms with Crippen molar-refractivity contribution in [3.05, 3.63) is 29.8 Å². The average molecular weight is 267 g/mol. The fraction of sp³-hybridized carbons (Fsp3) is 0.600. The minimum absolute atomic E-state index is 0.134. The monoisotopic (exact) mass is 267 g/mol. The summed E-state index contributed by atoms with van der Waals surface area (Å²) in [5, 5.41) is 0. The summed E-state index contributed by atoms with van der Waals surface area (Å²) in [6, 6.07) is 7.62. The Morgan fingerprint density at radius 2 is 1.95 bits per heavy atom. The second-order valence-corrected chi connectivity index (χ2v) is 4.42. The largest absolute Gasteiger partial charge is 0.497 e. The molecule has 0 aliphatic rings. The molecule has 1 atom stereocenters. The molecule has 0 fully saturated rings. The van der Waals surface area contributed by atoms with Crippen LogP contribution in [0.1, 0.15) is 31.4 Å². The van der Waals surface area contributed by atoms with Gasteiger partial charge in [-0.15, -0.1) is 0 Å². The molecule has 2 N–H and O–H groups in total. The molecule has 0 saturated heterocycles. The lowest BCUT2D eigenvalue weighted by atomic mass is 10.1. The summed E-state index contributed by atoms with van der Waals surface area (Å²) in [6.45, 7) is 4.66. The lowest BCUT2D eigenvalue weighted by Gasteiger charge is -2.13. The zero-order valence-electron chi connectivity index (χ0n) is 11.9. The van der Waals surface area contributed by atoms with Gasteiger partial charge in [0.1, 0.15) is 5.75 Å². The predicted molar refractivity (Wildman–Crippen MR) is 76.5 cm³/mol. The minimum Gasteiger partial charge on any atom is -0.497 e. The van der Waals surface area contributed by atoms with E-state index >= 15 is 0 Å². The van der Waals surface area contributed by atoms with Crippen molar-refractivity contribution >= 4 is 0 Å². The summed E-state index contributed by atoms with van der Waals surface area (Å²) in [7, 11) is 1.65. The summed E-state index contributed by atoms with van der Waals surface area (Å²) in [5.41, 5.74) is 7.08. The number of hydrogen-bond donors (Lipinski definition) is 1. The molecular weight excluding hydrogens is 242 g/mol. The highest BCUT2D eigenvalue weighted by Crippen LogP contribution is 2.17. The van der Waals surface area contributed by atoms with Gasteiger partial charge in [0.15, 0.2) is 0 Å². The third kappa shape index (κ3) is 6.57. The Hall–Kier alpha value is -1.10. The van der Waals surface area contributed by atoms with Crippen molar-refractivity contribution in [2.45, 2.75) is 25.8 Å². The molecule has 0 saturated carbocycles. The molecule has 0 amide bonds. The van der Waals surface area contributed by atoms with Crippen LogP contribution in [0.25, 0.3) is 0 Å². The normalized spacial score (nSPS) is 12.4. The van der Waals surface area contributed by atoms with Crippen molar-refractivity contribution in [1.82, 2.24) is 0 Å². The number of methoxy groups -OCH3 is 1. The minimum atomic E-state index is -0.134. The van der Waals surface area contributed by atoms with E-state index in [9.17, 15) is 0 Å². The van der Waals surface area contributed by atoms with Crippen molar-refractivity contribution in [2.75, 3.05) is 33.5 Å². The van der Waals surface area contributed by atoms with Crippen LogP contribution < -0.4 is 10.5 Å². The van der Waals surface area contributed by atoms with Crippen LogP contribution in [-0.4, -0.2) is 33.5 Å². The first-order valence-electron chi connectivity index (χ1n) is 6.83. The molecule has 0 radical (unpaired) electrons. The van der Waals surface area contributed by atoms with Crippen molar-refractivity contribution in [3.63, 3.8) is 0 Å². The molecule has 1 aromatic carbocycles. The van der Waals surface area contributed by atoms with Gasteiger partial charge in [-0.05, 0) is 24.1 Å². The highest BCUT2D eigenvalue weighted by atomic mass is 16.5.